The van der Waals surface area contributed by atoms with Gasteiger partial charge in [-0.05, 0) is 31.2 Å². The number of anilines is 1. The van der Waals surface area contributed by atoms with E-state index in [1.807, 2.05) is 4.90 Å². The molecule has 0 saturated carbocycles. The van der Waals surface area contributed by atoms with Crippen molar-refractivity contribution in [1.29, 1.82) is 0 Å². The molecule has 1 aromatic carbocycles. The van der Waals surface area contributed by atoms with Gasteiger partial charge in [-0.1, -0.05) is 0 Å². The summed E-state index contributed by atoms with van der Waals surface area (Å²) in [5, 5.41) is 4.65. The molecule has 7 heteroatoms. The summed E-state index contributed by atoms with van der Waals surface area (Å²) in [5.74, 6) is -0.559. The Hall–Kier alpha value is -2.15. The number of carbonyl (C=O) groups excluding carboxylic acids is 2. The van der Waals surface area contributed by atoms with Crippen molar-refractivity contribution < 1.29 is 14.0 Å². The van der Waals surface area contributed by atoms with Crippen LogP contribution in [0.3, 0.4) is 0 Å². The van der Waals surface area contributed by atoms with Gasteiger partial charge in [0.2, 0.25) is 5.91 Å². The van der Waals surface area contributed by atoms with E-state index >= 15 is 0 Å². The molecular formula is C15H21FN4O2. The lowest BCUT2D eigenvalue weighted by molar-refractivity contribution is -0.124. The molecule has 1 atom stereocenters. The zero-order valence-electron chi connectivity index (χ0n) is 12.8. The normalized spacial score (nSPS) is 17.0. The van der Waals surface area contributed by atoms with E-state index in [1.165, 1.54) is 19.2 Å². The highest BCUT2D eigenvalue weighted by Gasteiger charge is 2.26. The van der Waals surface area contributed by atoms with Gasteiger partial charge in [-0.3, -0.25) is 15.0 Å². The zero-order chi connectivity index (χ0) is 16.1. The lowest BCUT2D eigenvalue weighted by Crippen LogP contribution is -2.55. The molecule has 1 aliphatic rings. The van der Waals surface area contributed by atoms with Gasteiger partial charge >= 0.3 is 6.03 Å². The van der Waals surface area contributed by atoms with E-state index in [0.29, 0.717) is 13.1 Å². The molecular weight excluding hydrogens is 287 g/mol. The molecule has 1 saturated heterocycles. The molecule has 2 rings (SSSR count). The Bertz CT molecular complexity index is 527. The maximum Gasteiger partial charge on any atom is 0.321 e. The van der Waals surface area contributed by atoms with Gasteiger partial charge in [0.1, 0.15) is 5.82 Å². The molecule has 1 fully saturated rings. The van der Waals surface area contributed by atoms with E-state index in [-0.39, 0.29) is 17.8 Å². The summed E-state index contributed by atoms with van der Waals surface area (Å²) in [5.41, 5.74) is 0.975. The van der Waals surface area contributed by atoms with Crippen molar-refractivity contribution >= 4 is 17.6 Å². The van der Waals surface area contributed by atoms with Crippen LogP contribution in [-0.2, 0) is 4.79 Å². The Morgan fingerprint density at radius 1 is 1.14 bits per heavy atom. The second kappa shape index (κ2) is 7.22. The molecule has 0 radical (unpaired) electrons. The summed E-state index contributed by atoms with van der Waals surface area (Å²) in [6.45, 7) is 4.71. The number of piperazine rings is 1. The van der Waals surface area contributed by atoms with E-state index in [0.717, 1.165) is 18.8 Å². The first-order valence-corrected chi connectivity index (χ1v) is 7.28. The highest BCUT2D eigenvalue weighted by atomic mass is 19.1. The molecule has 3 amide bonds. The topological polar surface area (TPSA) is 64.7 Å². The Morgan fingerprint density at radius 2 is 1.73 bits per heavy atom. The van der Waals surface area contributed by atoms with Crippen LogP contribution >= 0.6 is 0 Å². The summed E-state index contributed by atoms with van der Waals surface area (Å²) < 4.78 is 12.9. The first-order chi connectivity index (χ1) is 10.5. The number of hydrogen-bond donors (Lipinski definition) is 2. The van der Waals surface area contributed by atoms with Gasteiger partial charge in [-0.15, -0.1) is 0 Å². The summed E-state index contributed by atoms with van der Waals surface area (Å²) >= 11 is 0. The monoisotopic (exact) mass is 308 g/mol. The van der Waals surface area contributed by atoms with Crippen molar-refractivity contribution in [2.45, 2.75) is 13.0 Å². The maximum atomic E-state index is 12.9. The third-order valence-electron chi connectivity index (χ3n) is 3.90. The highest BCUT2D eigenvalue weighted by Crippen LogP contribution is 2.17. The lowest BCUT2D eigenvalue weighted by atomic mass is 10.2. The average Bonchev–Trinajstić information content (AvgIpc) is 2.55. The molecule has 22 heavy (non-hydrogen) atoms. The minimum atomic E-state index is -0.498. The third kappa shape index (κ3) is 3.94. The van der Waals surface area contributed by atoms with Crippen molar-refractivity contribution in [2.75, 3.05) is 38.1 Å². The van der Waals surface area contributed by atoms with Crippen LogP contribution in [0.15, 0.2) is 24.3 Å². The number of carbonyl (C=O) groups is 2. The van der Waals surface area contributed by atoms with Gasteiger partial charge in [0, 0.05) is 38.9 Å². The SMILES string of the molecule is CNC(=O)NC(=O)[C@@H](C)N1CCN(c2ccc(F)cc2)CC1. The molecule has 0 bridgehead atoms. The van der Waals surface area contributed by atoms with Crippen LogP contribution in [0.2, 0.25) is 0 Å². The molecule has 1 heterocycles. The molecule has 1 aliphatic heterocycles. The number of nitrogens with zero attached hydrogens (tertiary/aromatic N) is 2. The smallest absolute Gasteiger partial charge is 0.321 e. The third-order valence-corrected chi connectivity index (χ3v) is 3.90. The van der Waals surface area contributed by atoms with E-state index in [4.69, 9.17) is 0 Å². The van der Waals surface area contributed by atoms with Gasteiger partial charge in [0.05, 0.1) is 6.04 Å². The fraction of sp³-hybridized carbons (Fsp3) is 0.467. The minimum absolute atomic E-state index is 0.248. The number of rotatable bonds is 3. The van der Waals surface area contributed by atoms with Crippen LogP contribution in [-0.4, -0.2) is 56.1 Å². The van der Waals surface area contributed by atoms with E-state index in [9.17, 15) is 14.0 Å². The van der Waals surface area contributed by atoms with Crippen molar-refractivity contribution in [3.63, 3.8) is 0 Å². The maximum absolute atomic E-state index is 12.9. The predicted octanol–water partition coefficient (Wildman–Crippen LogP) is 0.792. The van der Waals surface area contributed by atoms with Crippen LogP contribution in [0.5, 0.6) is 0 Å². The van der Waals surface area contributed by atoms with E-state index in [1.54, 1.807) is 19.1 Å². The van der Waals surface area contributed by atoms with Crippen molar-refractivity contribution in [3.8, 4) is 0 Å². The van der Waals surface area contributed by atoms with E-state index < -0.39 is 6.03 Å². The molecule has 120 valence electrons. The largest absolute Gasteiger partial charge is 0.369 e. The quantitative estimate of drug-likeness (QED) is 0.866. The van der Waals surface area contributed by atoms with Crippen molar-refractivity contribution in [3.05, 3.63) is 30.1 Å². The molecule has 1 aromatic rings. The number of nitrogens with one attached hydrogen (secondary N) is 2. The minimum Gasteiger partial charge on any atom is -0.369 e. The second-order valence-electron chi connectivity index (χ2n) is 5.24. The summed E-state index contributed by atoms with van der Waals surface area (Å²) in [6.07, 6.45) is 0. The van der Waals surface area contributed by atoms with Crippen LogP contribution in [0.1, 0.15) is 6.92 Å². The Kier molecular flexibility index (Phi) is 5.32. The summed E-state index contributed by atoms with van der Waals surface area (Å²) in [4.78, 5) is 27.3. The van der Waals surface area contributed by atoms with Gasteiger partial charge in [-0.2, -0.15) is 0 Å². The highest BCUT2D eigenvalue weighted by molar-refractivity contribution is 5.96. The Labute approximate surface area is 129 Å². The summed E-state index contributed by atoms with van der Waals surface area (Å²) in [6, 6.07) is 5.54. The molecule has 0 aliphatic carbocycles. The molecule has 0 unspecified atom stereocenters. The fourth-order valence-corrected chi connectivity index (χ4v) is 2.46. The van der Waals surface area contributed by atoms with Crippen molar-refractivity contribution in [2.24, 2.45) is 0 Å². The number of urea groups is 1. The molecule has 0 aromatic heterocycles. The first-order valence-electron chi connectivity index (χ1n) is 7.28. The predicted molar refractivity (Wildman–Crippen MR) is 82.2 cm³/mol. The van der Waals surface area contributed by atoms with Crippen LogP contribution < -0.4 is 15.5 Å². The Balaban J connectivity index is 1.87. The average molecular weight is 308 g/mol. The number of imide groups is 1. The molecule has 6 nitrogen and oxygen atoms in total. The van der Waals surface area contributed by atoms with Crippen LogP contribution in [0, 0.1) is 5.82 Å². The van der Waals surface area contributed by atoms with Gasteiger partial charge in [-0.25, -0.2) is 9.18 Å². The number of halogens is 1. The summed E-state index contributed by atoms with van der Waals surface area (Å²) in [7, 11) is 1.47. The standard InChI is InChI=1S/C15H21FN4O2/c1-11(14(21)18-15(22)17-2)19-7-9-20(10-8-19)13-5-3-12(16)4-6-13/h3-6,11H,7-10H2,1-2H3,(H2,17,18,21,22)/t11-/m1/s1. The molecule has 2 N–H and O–H groups in total. The number of benzene rings is 1. The zero-order valence-corrected chi connectivity index (χ0v) is 12.8. The fourth-order valence-electron chi connectivity index (χ4n) is 2.46. The first kappa shape index (κ1) is 16.2. The van der Waals surface area contributed by atoms with Crippen LogP contribution in [0.25, 0.3) is 0 Å². The van der Waals surface area contributed by atoms with Crippen LogP contribution in [0.4, 0.5) is 14.9 Å². The van der Waals surface area contributed by atoms with Gasteiger partial charge in [0.15, 0.2) is 0 Å². The number of amides is 3. The molecule has 0 spiro atoms. The Morgan fingerprint density at radius 3 is 2.27 bits per heavy atom. The lowest BCUT2D eigenvalue weighted by Gasteiger charge is -2.38. The van der Waals surface area contributed by atoms with Gasteiger partial charge < -0.3 is 10.2 Å². The van der Waals surface area contributed by atoms with Crippen molar-refractivity contribution in [1.82, 2.24) is 15.5 Å². The van der Waals surface area contributed by atoms with Gasteiger partial charge in [0.25, 0.3) is 0 Å². The van der Waals surface area contributed by atoms with E-state index in [2.05, 4.69) is 15.5 Å². The second-order valence-corrected chi connectivity index (χ2v) is 5.24. The number of hydrogen-bond acceptors (Lipinski definition) is 4.